The highest BCUT2D eigenvalue weighted by Gasteiger charge is 2.44. The summed E-state index contributed by atoms with van der Waals surface area (Å²) in [7, 11) is 0. The molecule has 0 radical (unpaired) electrons. The van der Waals surface area contributed by atoms with Gasteiger partial charge in [-0.1, -0.05) is 29.8 Å². The Morgan fingerprint density at radius 2 is 1.81 bits per heavy atom. The number of alkyl halides is 3. The van der Waals surface area contributed by atoms with Gasteiger partial charge in [-0.15, -0.1) is 0 Å². The molecule has 0 saturated carbocycles. The Hall–Kier alpha value is -3.24. The molecule has 0 aliphatic rings. The zero-order valence-corrected chi connectivity index (χ0v) is 17.2. The zero-order chi connectivity index (χ0) is 23.6. The third-order valence-corrected chi connectivity index (χ3v) is 4.72. The van der Waals surface area contributed by atoms with E-state index in [9.17, 15) is 32.3 Å². The van der Waals surface area contributed by atoms with Crippen LogP contribution in [0.3, 0.4) is 0 Å². The number of carbonyl (C=O) groups excluding carboxylic acids is 1. The van der Waals surface area contributed by atoms with Crippen LogP contribution in [0, 0.1) is 5.82 Å². The molecule has 2 N–H and O–H groups in total. The number of rotatable bonds is 5. The topological polar surface area (TPSA) is 84.2 Å². The number of hydrogen-bond donors (Lipinski definition) is 2. The molecule has 0 spiro atoms. The number of carbonyl (C=O) groups is 1. The summed E-state index contributed by atoms with van der Waals surface area (Å²) in [4.78, 5) is 25.6. The van der Waals surface area contributed by atoms with Crippen molar-refractivity contribution in [2.45, 2.75) is 25.2 Å². The molecule has 11 heteroatoms. The number of benzene rings is 2. The Morgan fingerprint density at radius 1 is 1.16 bits per heavy atom. The van der Waals surface area contributed by atoms with Crippen LogP contribution >= 0.6 is 11.6 Å². The van der Waals surface area contributed by atoms with Gasteiger partial charge in [0.1, 0.15) is 11.4 Å². The summed E-state index contributed by atoms with van der Waals surface area (Å²) in [5.74, 6) is -2.06. The van der Waals surface area contributed by atoms with E-state index in [1.54, 1.807) is 5.32 Å². The van der Waals surface area contributed by atoms with Crippen molar-refractivity contribution in [3.05, 3.63) is 81.4 Å². The molecule has 2 aromatic carbocycles. The van der Waals surface area contributed by atoms with Gasteiger partial charge >= 0.3 is 6.18 Å². The second-order valence-electron chi connectivity index (χ2n) is 6.88. The number of aliphatic hydroxyl groups excluding tert-OH is 1. The highest BCUT2D eigenvalue weighted by Crippen LogP contribution is 2.24. The Morgan fingerprint density at radius 3 is 2.38 bits per heavy atom. The first kappa shape index (κ1) is 23.4. The minimum Gasteiger partial charge on any atom is -0.391 e. The van der Waals surface area contributed by atoms with E-state index in [2.05, 4.69) is 5.10 Å². The van der Waals surface area contributed by atoms with Gasteiger partial charge in [0.25, 0.3) is 11.5 Å². The average Bonchev–Trinajstić information content (AvgIpc) is 2.71. The zero-order valence-electron chi connectivity index (χ0n) is 16.4. The highest BCUT2D eigenvalue weighted by atomic mass is 35.5. The van der Waals surface area contributed by atoms with Crippen LogP contribution in [-0.4, -0.2) is 39.1 Å². The predicted molar refractivity (Wildman–Crippen MR) is 109 cm³/mol. The van der Waals surface area contributed by atoms with Gasteiger partial charge in [0.2, 0.25) is 0 Å². The Bertz CT molecular complexity index is 1190. The number of aromatic nitrogens is 2. The summed E-state index contributed by atoms with van der Waals surface area (Å²) in [5.41, 5.74) is -1.34. The molecule has 2 atom stereocenters. The first-order valence-electron chi connectivity index (χ1n) is 9.19. The highest BCUT2D eigenvalue weighted by molar-refractivity contribution is 6.30. The molecule has 0 aliphatic carbocycles. The van der Waals surface area contributed by atoms with E-state index in [1.807, 2.05) is 0 Å². The second-order valence-corrected chi connectivity index (χ2v) is 7.32. The maximum absolute atomic E-state index is 13.7. The lowest BCUT2D eigenvalue weighted by Gasteiger charge is -2.24. The van der Waals surface area contributed by atoms with E-state index in [4.69, 9.17) is 11.6 Å². The van der Waals surface area contributed by atoms with E-state index in [-0.39, 0.29) is 11.4 Å². The number of halogens is 5. The van der Waals surface area contributed by atoms with Crippen LogP contribution in [0.4, 0.5) is 17.6 Å². The van der Waals surface area contributed by atoms with Gasteiger partial charge in [-0.2, -0.15) is 23.0 Å². The van der Waals surface area contributed by atoms with Crippen LogP contribution in [0.15, 0.2) is 59.4 Å². The van der Waals surface area contributed by atoms with Crippen molar-refractivity contribution >= 4 is 17.5 Å². The summed E-state index contributed by atoms with van der Waals surface area (Å²) in [5, 5.41) is 15.6. The van der Waals surface area contributed by atoms with Crippen molar-refractivity contribution in [1.29, 1.82) is 0 Å². The van der Waals surface area contributed by atoms with Crippen molar-refractivity contribution in [3.8, 4) is 16.9 Å². The lowest BCUT2D eigenvalue weighted by Crippen LogP contribution is -2.52. The largest absolute Gasteiger partial charge is 0.411 e. The lowest BCUT2D eigenvalue weighted by atomic mass is 10.1. The summed E-state index contributed by atoms with van der Waals surface area (Å²) in [6, 6.07) is 9.27. The molecule has 1 aromatic heterocycles. The van der Waals surface area contributed by atoms with Crippen LogP contribution < -0.4 is 10.9 Å². The van der Waals surface area contributed by atoms with Gasteiger partial charge in [-0.25, -0.2) is 4.39 Å². The molecule has 6 nitrogen and oxygen atoms in total. The first-order chi connectivity index (χ1) is 15.0. The number of nitrogens with zero attached hydrogens (tertiary/aromatic N) is 2. The monoisotopic (exact) mass is 469 g/mol. The number of hydrogen-bond acceptors (Lipinski definition) is 4. The predicted octanol–water partition coefficient (Wildman–Crippen LogP) is 3.73. The van der Waals surface area contributed by atoms with Gasteiger partial charge in [0, 0.05) is 10.6 Å². The van der Waals surface area contributed by atoms with Crippen molar-refractivity contribution in [1.82, 2.24) is 15.1 Å². The molecule has 32 heavy (non-hydrogen) atoms. The van der Waals surface area contributed by atoms with Crippen LogP contribution in [0.2, 0.25) is 5.02 Å². The van der Waals surface area contributed by atoms with Crippen molar-refractivity contribution < 1.29 is 27.5 Å². The van der Waals surface area contributed by atoms with Crippen LogP contribution in [-0.2, 0) is 0 Å². The fourth-order valence-electron chi connectivity index (χ4n) is 2.90. The minimum absolute atomic E-state index is 0.0391. The van der Waals surface area contributed by atoms with Crippen LogP contribution in [0.5, 0.6) is 0 Å². The van der Waals surface area contributed by atoms with Crippen LogP contribution in [0.25, 0.3) is 16.9 Å². The molecular weight excluding hydrogens is 454 g/mol. The molecule has 0 saturated heterocycles. The van der Waals surface area contributed by atoms with E-state index in [1.165, 1.54) is 36.4 Å². The van der Waals surface area contributed by atoms with Gasteiger partial charge in [0.15, 0.2) is 6.04 Å². The molecule has 0 fully saturated rings. The molecule has 0 aliphatic heterocycles. The molecule has 0 unspecified atom stereocenters. The van der Waals surface area contributed by atoms with Gasteiger partial charge in [-0.05, 0) is 43.3 Å². The van der Waals surface area contributed by atoms with E-state index in [0.29, 0.717) is 15.3 Å². The molecule has 0 bridgehead atoms. The molecule has 168 valence electrons. The van der Waals surface area contributed by atoms with Crippen molar-refractivity contribution in [2.75, 3.05) is 0 Å². The van der Waals surface area contributed by atoms with E-state index < -0.39 is 41.2 Å². The molecule has 1 heterocycles. The Kier molecular flexibility index (Phi) is 6.65. The normalized spacial score (nSPS) is 13.5. The van der Waals surface area contributed by atoms with Gasteiger partial charge in [-0.3, -0.25) is 9.59 Å². The Balaban J connectivity index is 2.17. The van der Waals surface area contributed by atoms with E-state index in [0.717, 1.165) is 25.1 Å². The number of aliphatic hydroxyl groups is 1. The Labute approximate surface area is 184 Å². The SMILES string of the molecule is C[C@@H](O)[C@H](NC(=O)c1cc(-c2ccc(Cl)cc2)nn(-c2cccc(F)c2)c1=O)C(F)(F)F. The lowest BCUT2D eigenvalue weighted by molar-refractivity contribution is -0.172. The maximum atomic E-state index is 13.7. The first-order valence-corrected chi connectivity index (χ1v) is 9.57. The summed E-state index contributed by atoms with van der Waals surface area (Å²) < 4.78 is 54.0. The second kappa shape index (κ2) is 9.09. The minimum atomic E-state index is -4.96. The quantitative estimate of drug-likeness (QED) is 0.558. The summed E-state index contributed by atoms with van der Waals surface area (Å²) in [6.07, 6.45) is -6.93. The third kappa shape index (κ3) is 5.14. The van der Waals surface area contributed by atoms with Crippen molar-refractivity contribution in [2.24, 2.45) is 0 Å². The van der Waals surface area contributed by atoms with Gasteiger partial charge < -0.3 is 10.4 Å². The molecular formula is C21H16ClF4N3O3. The van der Waals surface area contributed by atoms with E-state index >= 15 is 0 Å². The average molecular weight is 470 g/mol. The smallest absolute Gasteiger partial charge is 0.391 e. The fraction of sp³-hybridized carbons (Fsp3) is 0.190. The standard InChI is InChI=1S/C21H16ClF4N3O3/c1-11(30)18(21(24,25)26)27-19(31)16-10-17(12-5-7-13(22)8-6-12)28-29(20(16)32)15-4-2-3-14(23)9-15/h2-11,18,30H,1H3,(H,27,31)/t11-,18+/m1/s1. The molecule has 3 aromatic rings. The fourth-order valence-corrected chi connectivity index (χ4v) is 3.02. The van der Waals surface area contributed by atoms with Crippen molar-refractivity contribution in [3.63, 3.8) is 0 Å². The summed E-state index contributed by atoms with van der Waals surface area (Å²) >= 11 is 5.87. The molecule has 3 rings (SSSR count). The summed E-state index contributed by atoms with van der Waals surface area (Å²) in [6.45, 7) is 0.856. The molecule has 1 amide bonds. The number of nitrogens with one attached hydrogen (secondary N) is 1. The van der Waals surface area contributed by atoms with Gasteiger partial charge in [0.05, 0.1) is 17.5 Å². The third-order valence-electron chi connectivity index (χ3n) is 4.47. The number of amides is 1. The maximum Gasteiger partial charge on any atom is 0.411 e. The van der Waals surface area contributed by atoms with Crippen LogP contribution in [0.1, 0.15) is 17.3 Å².